The van der Waals surface area contributed by atoms with Gasteiger partial charge < -0.3 is 15.5 Å². The Kier molecular flexibility index (Phi) is 5.52. The summed E-state index contributed by atoms with van der Waals surface area (Å²) in [5, 5.41) is 0. The molecule has 0 aliphatic rings. The van der Waals surface area contributed by atoms with Crippen molar-refractivity contribution in [2.75, 3.05) is 37.8 Å². The summed E-state index contributed by atoms with van der Waals surface area (Å²) in [4.78, 5) is 4.56. The number of rotatable bonds is 5. The van der Waals surface area contributed by atoms with Crippen molar-refractivity contribution in [3.05, 3.63) is 21.8 Å². The van der Waals surface area contributed by atoms with E-state index in [1.54, 1.807) is 0 Å². The highest BCUT2D eigenvalue weighted by Crippen LogP contribution is 2.26. The Labute approximate surface area is 118 Å². The van der Waals surface area contributed by atoms with Crippen LogP contribution >= 0.6 is 22.6 Å². The van der Waals surface area contributed by atoms with E-state index in [9.17, 15) is 0 Å². The van der Waals surface area contributed by atoms with Crippen LogP contribution in [0.2, 0.25) is 0 Å². The first-order chi connectivity index (χ1) is 7.95. The van der Waals surface area contributed by atoms with Crippen LogP contribution in [-0.4, -0.2) is 38.1 Å². The van der Waals surface area contributed by atoms with E-state index in [0.717, 1.165) is 24.5 Å². The fourth-order valence-corrected chi connectivity index (χ4v) is 2.65. The fourth-order valence-electron chi connectivity index (χ4n) is 2.13. The highest BCUT2D eigenvalue weighted by molar-refractivity contribution is 14.1. The van der Waals surface area contributed by atoms with E-state index >= 15 is 0 Å². The fraction of sp³-hybridized carbons (Fsp3) is 0.538. The maximum atomic E-state index is 6.11. The van der Waals surface area contributed by atoms with Crippen molar-refractivity contribution in [1.82, 2.24) is 4.90 Å². The monoisotopic (exact) mass is 347 g/mol. The lowest BCUT2D eigenvalue weighted by Crippen LogP contribution is -2.40. The number of nitrogens with zero attached hydrogens (tertiary/aromatic N) is 2. The second-order valence-corrected chi connectivity index (χ2v) is 5.85. The third-order valence-electron chi connectivity index (χ3n) is 2.80. The second kappa shape index (κ2) is 6.44. The summed E-state index contributed by atoms with van der Waals surface area (Å²) >= 11 is 2.29. The van der Waals surface area contributed by atoms with E-state index in [-0.39, 0.29) is 0 Å². The molecule has 1 rings (SSSR count). The van der Waals surface area contributed by atoms with Gasteiger partial charge in [-0.3, -0.25) is 0 Å². The molecule has 0 amide bonds. The summed E-state index contributed by atoms with van der Waals surface area (Å²) in [6, 6.07) is 6.71. The molecular weight excluding hydrogens is 325 g/mol. The van der Waals surface area contributed by atoms with Gasteiger partial charge in [0.15, 0.2) is 0 Å². The molecule has 0 aliphatic heterocycles. The standard InChI is InChI=1S/C13H22IN3/c1-5-17(10(2)9-16(3)4)13-7-6-11(14)8-12(13)15/h6-8,10H,5,9,15H2,1-4H3. The number of hydrogen-bond donors (Lipinski definition) is 1. The van der Waals surface area contributed by atoms with Crippen LogP contribution in [0.3, 0.4) is 0 Å². The molecule has 17 heavy (non-hydrogen) atoms. The molecule has 0 bridgehead atoms. The van der Waals surface area contributed by atoms with Crippen LogP contribution in [0.25, 0.3) is 0 Å². The number of nitrogens with two attached hydrogens (primary N) is 1. The molecule has 1 aromatic rings. The summed E-state index contributed by atoms with van der Waals surface area (Å²) in [7, 11) is 4.20. The Morgan fingerprint density at radius 2 is 2.00 bits per heavy atom. The van der Waals surface area contributed by atoms with Crippen molar-refractivity contribution < 1.29 is 0 Å². The first-order valence-corrected chi connectivity index (χ1v) is 7.00. The van der Waals surface area contributed by atoms with Crippen LogP contribution < -0.4 is 10.6 Å². The highest BCUT2D eigenvalue weighted by atomic mass is 127. The molecule has 1 unspecified atom stereocenters. The molecule has 0 heterocycles. The molecule has 2 N–H and O–H groups in total. The molecule has 0 spiro atoms. The molecule has 0 aliphatic carbocycles. The quantitative estimate of drug-likeness (QED) is 0.657. The molecule has 0 aromatic heterocycles. The molecule has 96 valence electrons. The Morgan fingerprint density at radius 3 is 2.47 bits per heavy atom. The summed E-state index contributed by atoms with van der Waals surface area (Å²) in [6.07, 6.45) is 0. The topological polar surface area (TPSA) is 32.5 Å². The minimum absolute atomic E-state index is 0.456. The molecule has 0 fully saturated rings. The summed E-state index contributed by atoms with van der Waals surface area (Å²) in [5.74, 6) is 0. The van der Waals surface area contributed by atoms with Gasteiger partial charge in [-0.2, -0.15) is 0 Å². The number of nitrogen functional groups attached to an aromatic ring is 1. The molecule has 0 saturated carbocycles. The lowest BCUT2D eigenvalue weighted by Gasteiger charge is -2.33. The smallest absolute Gasteiger partial charge is 0.0603 e. The van der Waals surface area contributed by atoms with Crippen LogP contribution in [-0.2, 0) is 0 Å². The Balaban J connectivity index is 2.93. The van der Waals surface area contributed by atoms with Crippen molar-refractivity contribution in [2.24, 2.45) is 0 Å². The first kappa shape index (κ1) is 14.6. The molecule has 3 nitrogen and oxygen atoms in total. The predicted octanol–water partition coefficient (Wildman–Crippen LogP) is 2.65. The summed E-state index contributed by atoms with van der Waals surface area (Å²) in [6.45, 7) is 6.41. The van der Waals surface area contributed by atoms with Crippen LogP contribution in [0.5, 0.6) is 0 Å². The van der Waals surface area contributed by atoms with E-state index < -0.39 is 0 Å². The van der Waals surface area contributed by atoms with Crippen LogP contribution in [0, 0.1) is 3.57 Å². The maximum Gasteiger partial charge on any atom is 0.0603 e. The van der Waals surface area contributed by atoms with Crippen molar-refractivity contribution in [3.63, 3.8) is 0 Å². The first-order valence-electron chi connectivity index (χ1n) is 5.92. The molecular formula is C13H22IN3. The number of likely N-dealkylation sites (N-methyl/N-ethyl adjacent to an activating group) is 2. The maximum absolute atomic E-state index is 6.11. The number of halogens is 1. The third-order valence-corrected chi connectivity index (χ3v) is 3.47. The summed E-state index contributed by atoms with van der Waals surface area (Å²) in [5.41, 5.74) is 8.11. The zero-order chi connectivity index (χ0) is 13.0. The van der Waals surface area contributed by atoms with E-state index in [1.165, 1.54) is 3.57 Å². The average molecular weight is 347 g/mol. The van der Waals surface area contributed by atoms with Crippen molar-refractivity contribution in [3.8, 4) is 0 Å². The van der Waals surface area contributed by atoms with E-state index in [1.807, 2.05) is 6.07 Å². The van der Waals surface area contributed by atoms with Gasteiger partial charge in [0, 0.05) is 22.7 Å². The number of anilines is 2. The molecule has 0 saturated heterocycles. The van der Waals surface area contributed by atoms with Gasteiger partial charge in [-0.05, 0) is 68.7 Å². The van der Waals surface area contributed by atoms with Gasteiger partial charge in [-0.25, -0.2) is 0 Å². The van der Waals surface area contributed by atoms with E-state index in [0.29, 0.717) is 6.04 Å². The second-order valence-electron chi connectivity index (χ2n) is 4.60. The van der Waals surface area contributed by atoms with Crippen molar-refractivity contribution in [2.45, 2.75) is 19.9 Å². The van der Waals surface area contributed by atoms with Gasteiger partial charge >= 0.3 is 0 Å². The van der Waals surface area contributed by atoms with Crippen molar-refractivity contribution in [1.29, 1.82) is 0 Å². The highest BCUT2D eigenvalue weighted by Gasteiger charge is 2.15. The minimum Gasteiger partial charge on any atom is -0.397 e. The SMILES string of the molecule is CCN(c1ccc(I)cc1N)C(C)CN(C)C. The zero-order valence-corrected chi connectivity index (χ0v) is 13.2. The number of hydrogen-bond acceptors (Lipinski definition) is 3. The molecule has 1 aromatic carbocycles. The third kappa shape index (κ3) is 4.03. The molecule has 4 heteroatoms. The normalized spacial score (nSPS) is 12.8. The van der Waals surface area contributed by atoms with Gasteiger partial charge in [0.1, 0.15) is 0 Å². The molecule has 0 radical (unpaired) electrons. The largest absolute Gasteiger partial charge is 0.397 e. The average Bonchev–Trinajstić information content (AvgIpc) is 2.21. The van der Waals surface area contributed by atoms with Gasteiger partial charge in [0.25, 0.3) is 0 Å². The lowest BCUT2D eigenvalue weighted by molar-refractivity contribution is 0.373. The van der Waals surface area contributed by atoms with Gasteiger partial charge in [0.2, 0.25) is 0 Å². The van der Waals surface area contributed by atoms with Crippen LogP contribution in [0.1, 0.15) is 13.8 Å². The molecule has 1 atom stereocenters. The van der Waals surface area contributed by atoms with Gasteiger partial charge in [-0.15, -0.1) is 0 Å². The van der Waals surface area contributed by atoms with Crippen LogP contribution in [0.4, 0.5) is 11.4 Å². The van der Waals surface area contributed by atoms with E-state index in [4.69, 9.17) is 5.73 Å². The van der Waals surface area contributed by atoms with Crippen molar-refractivity contribution >= 4 is 34.0 Å². The van der Waals surface area contributed by atoms with Crippen LogP contribution in [0.15, 0.2) is 18.2 Å². The van der Waals surface area contributed by atoms with E-state index in [2.05, 4.69) is 72.5 Å². The number of benzene rings is 1. The Bertz CT molecular complexity index is 366. The minimum atomic E-state index is 0.456. The predicted molar refractivity (Wildman–Crippen MR) is 84.6 cm³/mol. The zero-order valence-electron chi connectivity index (χ0n) is 11.1. The van der Waals surface area contributed by atoms with Gasteiger partial charge in [0.05, 0.1) is 11.4 Å². The Hall–Kier alpha value is -0.490. The summed E-state index contributed by atoms with van der Waals surface area (Å²) < 4.78 is 1.18. The van der Waals surface area contributed by atoms with Gasteiger partial charge in [-0.1, -0.05) is 0 Å². The Morgan fingerprint density at radius 1 is 1.35 bits per heavy atom. The lowest BCUT2D eigenvalue weighted by atomic mass is 10.2.